The third-order valence-corrected chi connectivity index (χ3v) is 5.51. The Morgan fingerprint density at radius 2 is 2.08 bits per heavy atom. The van der Waals surface area contributed by atoms with Gasteiger partial charge in [0.1, 0.15) is 5.82 Å². The van der Waals surface area contributed by atoms with Gasteiger partial charge in [0.25, 0.3) is 0 Å². The lowest BCUT2D eigenvalue weighted by Gasteiger charge is -2.44. The number of fused-ring (bicyclic) bond motifs is 1. The molecule has 3 aromatic rings. The van der Waals surface area contributed by atoms with Crippen molar-refractivity contribution in [1.82, 2.24) is 34.9 Å². The summed E-state index contributed by atoms with van der Waals surface area (Å²) in [6.07, 6.45) is 3.66. The average molecular weight is 354 g/mol. The largest absolute Gasteiger partial charge is 0.352 e. The Labute approximate surface area is 151 Å². The predicted octanol–water partition coefficient (Wildman–Crippen LogP) is 1.40. The number of aromatic nitrogens is 6. The van der Waals surface area contributed by atoms with E-state index in [-0.39, 0.29) is 0 Å². The van der Waals surface area contributed by atoms with Gasteiger partial charge in [-0.3, -0.25) is 4.90 Å². The summed E-state index contributed by atoms with van der Waals surface area (Å²) in [7, 11) is 2.10. The summed E-state index contributed by atoms with van der Waals surface area (Å²) < 4.78 is 6.97. The summed E-state index contributed by atoms with van der Waals surface area (Å²) in [6.45, 7) is 4.38. The lowest BCUT2D eigenvalue weighted by atomic mass is 9.85. The highest BCUT2D eigenvalue weighted by atomic mass is 16.5. The van der Waals surface area contributed by atoms with Gasteiger partial charge in [-0.2, -0.15) is 9.50 Å². The molecule has 1 aliphatic heterocycles. The molecule has 3 aromatic heterocycles. The fourth-order valence-electron chi connectivity index (χ4n) is 3.56. The third-order valence-electron chi connectivity index (χ3n) is 5.51. The molecule has 1 saturated carbocycles. The normalized spacial score (nSPS) is 18.5. The molecule has 0 spiro atoms. The van der Waals surface area contributed by atoms with Crippen molar-refractivity contribution in [1.29, 1.82) is 0 Å². The van der Waals surface area contributed by atoms with Crippen LogP contribution in [0.25, 0.3) is 5.65 Å². The van der Waals surface area contributed by atoms with Crippen molar-refractivity contribution in [2.45, 2.75) is 44.7 Å². The molecule has 5 rings (SSSR count). The molecule has 1 saturated heterocycles. The van der Waals surface area contributed by atoms with Crippen LogP contribution < -0.4 is 4.90 Å². The minimum atomic E-state index is 0.457. The molecule has 136 valence electrons. The first-order valence-electron chi connectivity index (χ1n) is 9.14. The third kappa shape index (κ3) is 2.63. The first-order chi connectivity index (χ1) is 12.7. The van der Waals surface area contributed by atoms with Crippen molar-refractivity contribution in [3.05, 3.63) is 29.7 Å². The van der Waals surface area contributed by atoms with Crippen molar-refractivity contribution in [3.8, 4) is 0 Å². The standard InChI is InChI=1S/C17H22N8O/c1-11-18-14(22-26-11)10-23(2)13-8-24(9-13)16-7-6-15-19-20-17(25(15)21-16)12-4-3-5-12/h6-7,12-13H,3-5,8-10H2,1-2H3. The molecule has 2 fully saturated rings. The van der Waals surface area contributed by atoms with Gasteiger partial charge in [-0.1, -0.05) is 11.6 Å². The SMILES string of the molecule is Cc1nc(CN(C)C2CN(c3ccc4nnc(C5CCC5)n4n3)C2)no1. The molecular formula is C17H22N8O. The minimum absolute atomic E-state index is 0.457. The molecule has 1 aliphatic carbocycles. The second-order valence-corrected chi connectivity index (χ2v) is 7.35. The molecule has 0 amide bonds. The number of likely N-dealkylation sites (N-methyl/N-ethyl adjacent to an activating group) is 1. The highest BCUT2D eigenvalue weighted by Crippen LogP contribution is 2.35. The van der Waals surface area contributed by atoms with Gasteiger partial charge in [0.15, 0.2) is 17.3 Å². The maximum absolute atomic E-state index is 5.04. The Kier molecular flexibility index (Phi) is 3.63. The van der Waals surface area contributed by atoms with Gasteiger partial charge in [0.2, 0.25) is 5.89 Å². The van der Waals surface area contributed by atoms with E-state index in [1.165, 1.54) is 19.3 Å². The lowest BCUT2D eigenvalue weighted by Crippen LogP contribution is -2.58. The fourth-order valence-corrected chi connectivity index (χ4v) is 3.56. The molecule has 9 nitrogen and oxygen atoms in total. The number of rotatable bonds is 5. The highest BCUT2D eigenvalue weighted by Gasteiger charge is 2.32. The van der Waals surface area contributed by atoms with E-state index in [0.717, 1.165) is 36.2 Å². The Hall–Kier alpha value is -2.55. The molecule has 2 aliphatic rings. The first-order valence-corrected chi connectivity index (χ1v) is 9.14. The summed E-state index contributed by atoms with van der Waals surface area (Å²) in [4.78, 5) is 8.82. The Balaban J connectivity index is 1.26. The number of hydrogen-bond donors (Lipinski definition) is 0. The fraction of sp³-hybridized carbons (Fsp3) is 0.588. The van der Waals surface area contributed by atoms with E-state index < -0.39 is 0 Å². The van der Waals surface area contributed by atoms with Gasteiger partial charge < -0.3 is 9.42 Å². The van der Waals surface area contributed by atoms with Gasteiger partial charge in [-0.15, -0.1) is 15.3 Å². The molecule has 0 bridgehead atoms. The minimum Gasteiger partial charge on any atom is -0.352 e. The van der Waals surface area contributed by atoms with E-state index in [0.29, 0.717) is 24.4 Å². The second kappa shape index (κ2) is 6.01. The van der Waals surface area contributed by atoms with Gasteiger partial charge >= 0.3 is 0 Å². The number of aryl methyl sites for hydroxylation is 1. The van der Waals surface area contributed by atoms with Crippen molar-refractivity contribution < 1.29 is 4.52 Å². The van der Waals surface area contributed by atoms with E-state index in [4.69, 9.17) is 9.62 Å². The topological polar surface area (TPSA) is 88.5 Å². The van der Waals surface area contributed by atoms with Crippen molar-refractivity contribution in [2.75, 3.05) is 25.0 Å². The smallest absolute Gasteiger partial charge is 0.223 e. The lowest BCUT2D eigenvalue weighted by molar-refractivity contribution is 0.190. The Morgan fingerprint density at radius 3 is 2.77 bits per heavy atom. The van der Waals surface area contributed by atoms with Crippen molar-refractivity contribution in [2.24, 2.45) is 0 Å². The monoisotopic (exact) mass is 354 g/mol. The van der Waals surface area contributed by atoms with E-state index in [9.17, 15) is 0 Å². The van der Waals surface area contributed by atoms with E-state index in [1.807, 2.05) is 23.6 Å². The maximum atomic E-state index is 5.04. The van der Waals surface area contributed by atoms with Gasteiger partial charge in [-0.25, -0.2) is 0 Å². The van der Waals surface area contributed by atoms with Crippen LogP contribution in [0, 0.1) is 6.92 Å². The summed E-state index contributed by atoms with van der Waals surface area (Å²) >= 11 is 0. The van der Waals surface area contributed by atoms with Crippen LogP contribution in [0.3, 0.4) is 0 Å². The Bertz CT molecular complexity index is 924. The zero-order valence-corrected chi connectivity index (χ0v) is 15.0. The summed E-state index contributed by atoms with van der Waals surface area (Å²) in [5.74, 6) is 3.85. The molecule has 4 heterocycles. The summed E-state index contributed by atoms with van der Waals surface area (Å²) in [5.41, 5.74) is 0.831. The maximum Gasteiger partial charge on any atom is 0.223 e. The van der Waals surface area contributed by atoms with Crippen LogP contribution in [0.2, 0.25) is 0 Å². The van der Waals surface area contributed by atoms with Crippen LogP contribution in [0.4, 0.5) is 5.82 Å². The second-order valence-electron chi connectivity index (χ2n) is 7.35. The number of anilines is 1. The molecule has 26 heavy (non-hydrogen) atoms. The van der Waals surface area contributed by atoms with Crippen LogP contribution >= 0.6 is 0 Å². The zero-order chi connectivity index (χ0) is 17.7. The van der Waals surface area contributed by atoms with Crippen LogP contribution in [-0.4, -0.2) is 61.0 Å². The number of nitrogens with zero attached hydrogens (tertiary/aromatic N) is 8. The van der Waals surface area contributed by atoms with E-state index in [2.05, 4.69) is 37.2 Å². The van der Waals surface area contributed by atoms with Crippen LogP contribution in [0.5, 0.6) is 0 Å². The summed E-state index contributed by atoms with van der Waals surface area (Å²) in [6, 6.07) is 4.50. The van der Waals surface area contributed by atoms with Gasteiger partial charge in [-0.05, 0) is 32.0 Å². The highest BCUT2D eigenvalue weighted by molar-refractivity contribution is 5.48. The van der Waals surface area contributed by atoms with Crippen LogP contribution in [-0.2, 0) is 6.54 Å². The molecule has 0 unspecified atom stereocenters. The first kappa shape index (κ1) is 15.7. The molecule has 0 aromatic carbocycles. The molecule has 9 heteroatoms. The van der Waals surface area contributed by atoms with E-state index in [1.54, 1.807) is 0 Å². The van der Waals surface area contributed by atoms with Crippen LogP contribution in [0.15, 0.2) is 16.7 Å². The number of hydrogen-bond acceptors (Lipinski definition) is 8. The zero-order valence-electron chi connectivity index (χ0n) is 15.0. The average Bonchev–Trinajstić information content (AvgIpc) is 3.11. The quantitative estimate of drug-likeness (QED) is 0.679. The van der Waals surface area contributed by atoms with Gasteiger partial charge in [0.05, 0.1) is 6.54 Å². The molecule has 0 atom stereocenters. The predicted molar refractivity (Wildman–Crippen MR) is 93.9 cm³/mol. The summed E-state index contributed by atoms with van der Waals surface area (Å²) in [5, 5.41) is 17.4. The van der Waals surface area contributed by atoms with Crippen LogP contribution in [0.1, 0.15) is 42.7 Å². The molecule has 0 N–H and O–H groups in total. The van der Waals surface area contributed by atoms with Crippen molar-refractivity contribution in [3.63, 3.8) is 0 Å². The Morgan fingerprint density at radius 1 is 1.23 bits per heavy atom. The van der Waals surface area contributed by atoms with Gasteiger partial charge in [0, 0.05) is 32.0 Å². The van der Waals surface area contributed by atoms with E-state index >= 15 is 0 Å². The molecule has 0 radical (unpaired) electrons. The van der Waals surface area contributed by atoms with Crippen molar-refractivity contribution >= 4 is 11.5 Å². The molecular weight excluding hydrogens is 332 g/mol.